The van der Waals surface area contributed by atoms with Crippen molar-refractivity contribution in [2.45, 2.75) is 13.8 Å². The Morgan fingerprint density at radius 3 is 1.25 bits per heavy atom. The molecule has 0 bridgehead atoms. The summed E-state index contributed by atoms with van der Waals surface area (Å²) in [5.41, 5.74) is 2.56. The lowest BCUT2D eigenvalue weighted by molar-refractivity contribution is 1.36. The van der Waals surface area contributed by atoms with E-state index in [0.717, 1.165) is 0 Å². The number of nitrogens with zero attached hydrogens (tertiary/aromatic N) is 4. The lowest BCUT2D eigenvalue weighted by atomic mass is 9.88. The zero-order valence-corrected chi connectivity index (χ0v) is 10.9. The number of fused-ring (bicyclic) bond motifs is 1. The quantitative estimate of drug-likeness (QED) is 0.723. The monoisotopic (exact) mass is 256 g/mol. The van der Waals surface area contributed by atoms with Crippen molar-refractivity contribution in [2.24, 2.45) is 0 Å². The van der Waals surface area contributed by atoms with E-state index in [9.17, 15) is 21.0 Å². The molecule has 0 heterocycles. The van der Waals surface area contributed by atoms with Crippen LogP contribution < -0.4 is 0 Å². The van der Waals surface area contributed by atoms with Crippen molar-refractivity contribution in [1.82, 2.24) is 0 Å². The molecule has 4 nitrogen and oxygen atoms in total. The van der Waals surface area contributed by atoms with Crippen molar-refractivity contribution in [2.75, 3.05) is 0 Å². The van der Waals surface area contributed by atoms with Crippen LogP contribution in [0, 0.1) is 59.2 Å². The molecule has 0 N–H and O–H groups in total. The van der Waals surface area contributed by atoms with Gasteiger partial charge < -0.3 is 0 Å². The smallest absolute Gasteiger partial charge is 0.100 e. The molecular formula is C16H8N4. The van der Waals surface area contributed by atoms with Gasteiger partial charge in [-0.3, -0.25) is 0 Å². The number of hydrogen-bond donors (Lipinski definition) is 0. The predicted molar refractivity (Wildman–Crippen MR) is 72.3 cm³/mol. The van der Waals surface area contributed by atoms with Gasteiger partial charge in [0.15, 0.2) is 0 Å². The van der Waals surface area contributed by atoms with E-state index < -0.39 is 0 Å². The van der Waals surface area contributed by atoms with E-state index in [4.69, 9.17) is 0 Å². The van der Waals surface area contributed by atoms with Crippen LogP contribution in [0.2, 0.25) is 0 Å². The summed E-state index contributed by atoms with van der Waals surface area (Å²) in [5.74, 6) is 0. The molecule has 0 aliphatic heterocycles. The molecule has 4 heteroatoms. The average molecular weight is 256 g/mol. The van der Waals surface area contributed by atoms with Crippen LogP contribution in [-0.4, -0.2) is 0 Å². The minimum atomic E-state index is 0.313. The highest BCUT2D eigenvalue weighted by atomic mass is 14.3. The molecule has 2 rings (SSSR count). The molecular weight excluding hydrogens is 248 g/mol. The molecule has 0 aromatic heterocycles. The van der Waals surface area contributed by atoms with E-state index in [1.54, 1.807) is 26.0 Å². The van der Waals surface area contributed by atoms with Gasteiger partial charge in [0.25, 0.3) is 0 Å². The fourth-order valence-electron chi connectivity index (χ4n) is 2.37. The van der Waals surface area contributed by atoms with Crippen LogP contribution >= 0.6 is 0 Å². The number of hydrogen-bond acceptors (Lipinski definition) is 4. The van der Waals surface area contributed by atoms with Gasteiger partial charge in [0.05, 0.1) is 34.4 Å². The fraction of sp³-hybridized carbons (Fsp3) is 0.125. The Hall–Kier alpha value is -3.34. The number of nitriles is 4. The second-order valence-electron chi connectivity index (χ2n) is 4.43. The summed E-state index contributed by atoms with van der Waals surface area (Å²) in [6, 6.07) is 11.4. The van der Waals surface area contributed by atoms with E-state index in [2.05, 4.69) is 12.1 Å². The Labute approximate surface area is 116 Å². The maximum absolute atomic E-state index is 9.31. The summed E-state index contributed by atoms with van der Waals surface area (Å²) in [6.07, 6.45) is 0. The third-order valence-corrected chi connectivity index (χ3v) is 3.26. The van der Waals surface area contributed by atoms with Gasteiger partial charge in [-0.05, 0) is 37.1 Å². The Bertz CT molecular complexity index is 832. The SMILES string of the molecule is Cc1cc(C#N)c2c(C#N)c(C)cc(C#N)c2c1C#N. The summed E-state index contributed by atoms with van der Waals surface area (Å²) in [5, 5.41) is 38.0. The van der Waals surface area contributed by atoms with Gasteiger partial charge in [-0.2, -0.15) is 21.0 Å². The molecule has 0 aliphatic rings. The summed E-state index contributed by atoms with van der Waals surface area (Å²) in [6.45, 7) is 3.43. The van der Waals surface area contributed by atoms with Crippen LogP contribution in [-0.2, 0) is 0 Å². The number of aryl methyl sites for hydroxylation is 2. The average Bonchev–Trinajstić information content (AvgIpc) is 2.45. The van der Waals surface area contributed by atoms with Gasteiger partial charge in [-0.1, -0.05) is 0 Å². The van der Waals surface area contributed by atoms with Crippen molar-refractivity contribution in [3.8, 4) is 24.3 Å². The van der Waals surface area contributed by atoms with E-state index in [1.807, 2.05) is 12.1 Å². The van der Waals surface area contributed by atoms with Crippen molar-refractivity contribution in [3.63, 3.8) is 0 Å². The van der Waals surface area contributed by atoms with Gasteiger partial charge in [-0.15, -0.1) is 0 Å². The molecule has 2 aromatic rings. The molecule has 0 radical (unpaired) electrons. The summed E-state index contributed by atoms with van der Waals surface area (Å²) in [4.78, 5) is 0. The fourth-order valence-corrected chi connectivity index (χ4v) is 2.37. The molecule has 0 fully saturated rings. The molecule has 0 saturated carbocycles. The Morgan fingerprint density at radius 2 is 1.00 bits per heavy atom. The molecule has 92 valence electrons. The first-order valence-electron chi connectivity index (χ1n) is 5.80. The largest absolute Gasteiger partial charge is 0.192 e. The van der Waals surface area contributed by atoms with Crippen molar-refractivity contribution in [3.05, 3.63) is 45.5 Å². The Kier molecular flexibility index (Phi) is 3.10. The first-order chi connectivity index (χ1) is 9.58. The van der Waals surface area contributed by atoms with Crippen LogP contribution in [0.5, 0.6) is 0 Å². The predicted octanol–water partition coefficient (Wildman–Crippen LogP) is 2.94. The van der Waals surface area contributed by atoms with Gasteiger partial charge in [0.2, 0.25) is 0 Å². The molecule has 0 amide bonds. The molecule has 0 atom stereocenters. The molecule has 0 aliphatic carbocycles. The number of benzene rings is 2. The first kappa shape index (κ1) is 13.1. The Balaban J connectivity index is 3.30. The minimum Gasteiger partial charge on any atom is -0.192 e. The van der Waals surface area contributed by atoms with Crippen LogP contribution in [0.25, 0.3) is 10.8 Å². The van der Waals surface area contributed by atoms with E-state index in [0.29, 0.717) is 44.2 Å². The van der Waals surface area contributed by atoms with Gasteiger partial charge in [0.1, 0.15) is 12.1 Å². The number of rotatable bonds is 0. The van der Waals surface area contributed by atoms with E-state index in [-0.39, 0.29) is 0 Å². The normalized spacial score (nSPS) is 9.30. The second kappa shape index (κ2) is 4.74. The molecule has 0 saturated heterocycles. The second-order valence-corrected chi connectivity index (χ2v) is 4.43. The van der Waals surface area contributed by atoms with Crippen molar-refractivity contribution < 1.29 is 0 Å². The molecule has 2 aromatic carbocycles. The first-order valence-corrected chi connectivity index (χ1v) is 5.80. The van der Waals surface area contributed by atoms with Crippen LogP contribution in [0.3, 0.4) is 0 Å². The lowest BCUT2D eigenvalue weighted by Gasteiger charge is -2.11. The summed E-state index contributed by atoms with van der Waals surface area (Å²) < 4.78 is 0. The highest BCUT2D eigenvalue weighted by Crippen LogP contribution is 2.32. The highest BCUT2D eigenvalue weighted by Gasteiger charge is 2.18. The van der Waals surface area contributed by atoms with E-state index >= 15 is 0 Å². The molecule has 20 heavy (non-hydrogen) atoms. The summed E-state index contributed by atoms with van der Waals surface area (Å²) in [7, 11) is 0. The lowest BCUT2D eigenvalue weighted by Crippen LogP contribution is -1.97. The van der Waals surface area contributed by atoms with Crippen LogP contribution in [0.1, 0.15) is 33.4 Å². The zero-order valence-electron chi connectivity index (χ0n) is 10.9. The van der Waals surface area contributed by atoms with Gasteiger partial charge in [-0.25, -0.2) is 0 Å². The van der Waals surface area contributed by atoms with Gasteiger partial charge >= 0.3 is 0 Å². The topological polar surface area (TPSA) is 95.2 Å². The highest BCUT2D eigenvalue weighted by molar-refractivity contribution is 6.01. The maximum atomic E-state index is 9.31. The Morgan fingerprint density at radius 1 is 0.650 bits per heavy atom. The minimum absolute atomic E-state index is 0.313. The maximum Gasteiger partial charge on any atom is 0.100 e. The third-order valence-electron chi connectivity index (χ3n) is 3.26. The van der Waals surface area contributed by atoms with Crippen LogP contribution in [0.4, 0.5) is 0 Å². The summed E-state index contributed by atoms with van der Waals surface area (Å²) >= 11 is 0. The van der Waals surface area contributed by atoms with Crippen LogP contribution in [0.15, 0.2) is 12.1 Å². The van der Waals surface area contributed by atoms with Gasteiger partial charge in [0, 0.05) is 10.8 Å². The third kappa shape index (κ3) is 1.65. The zero-order chi connectivity index (χ0) is 14.9. The van der Waals surface area contributed by atoms with Crippen molar-refractivity contribution in [1.29, 1.82) is 21.0 Å². The standard InChI is InChI=1S/C16H8N4/c1-9-3-11(5-17)16-14(8-20)10(2)4-12(6-18)15(16)13(9)7-19/h3-4H,1-2H3. The van der Waals surface area contributed by atoms with Crippen molar-refractivity contribution >= 4 is 10.8 Å². The molecule has 0 spiro atoms. The van der Waals surface area contributed by atoms with E-state index in [1.165, 1.54) is 0 Å². The molecule has 0 unspecified atom stereocenters.